The van der Waals surface area contributed by atoms with Gasteiger partial charge in [-0.1, -0.05) is 0 Å². The van der Waals surface area contributed by atoms with Gasteiger partial charge >= 0.3 is 6.03 Å². The van der Waals surface area contributed by atoms with Crippen molar-refractivity contribution < 1.29 is 19.5 Å². The van der Waals surface area contributed by atoms with E-state index in [1.165, 1.54) is 9.80 Å². The molecule has 7 heteroatoms. The zero-order valence-electron chi connectivity index (χ0n) is 12.0. The molecule has 0 spiro atoms. The lowest BCUT2D eigenvalue weighted by molar-refractivity contribution is -0.131. The first-order valence-electron chi connectivity index (χ1n) is 6.86. The van der Waals surface area contributed by atoms with Crippen molar-refractivity contribution in [3.8, 4) is 0 Å². The van der Waals surface area contributed by atoms with Crippen molar-refractivity contribution in [2.24, 2.45) is 0 Å². The van der Waals surface area contributed by atoms with Crippen LogP contribution in [0.1, 0.15) is 26.2 Å². The predicted octanol–water partition coefficient (Wildman–Crippen LogP) is -0.356. The molecule has 2 aliphatic heterocycles. The number of β-amino-alcohol motifs (C(OH)–C–C–N with tert-alkyl or cyclic N) is 1. The minimum atomic E-state index is -0.792. The summed E-state index contributed by atoms with van der Waals surface area (Å²) in [6.07, 6.45) is 1.34. The Labute approximate surface area is 118 Å². The number of rotatable bonds is 4. The summed E-state index contributed by atoms with van der Waals surface area (Å²) >= 11 is 0. The van der Waals surface area contributed by atoms with Crippen LogP contribution >= 0.6 is 0 Å². The van der Waals surface area contributed by atoms with E-state index in [1.807, 2.05) is 0 Å². The van der Waals surface area contributed by atoms with Crippen LogP contribution in [0.4, 0.5) is 4.79 Å². The minimum absolute atomic E-state index is 0.0322. The van der Waals surface area contributed by atoms with E-state index in [4.69, 9.17) is 0 Å². The average molecular weight is 283 g/mol. The molecule has 1 N–H and O–H groups in total. The molecule has 112 valence electrons. The van der Waals surface area contributed by atoms with E-state index in [2.05, 4.69) is 0 Å². The van der Waals surface area contributed by atoms with Crippen molar-refractivity contribution in [1.82, 2.24) is 14.7 Å². The van der Waals surface area contributed by atoms with Crippen molar-refractivity contribution in [2.75, 3.05) is 33.2 Å². The second kappa shape index (κ2) is 5.40. The summed E-state index contributed by atoms with van der Waals surface area (Å²) in [7, 11) is 1.58. The maximum atomic E-state index is 12.0. The summed E-state index contributed by atoms with van der Waals surface area (Å²) in [4.78, 5) is 39.3. The van der Waals surface area contributed by atoms with Crippen molar-refractivity contribution in [3.05, 3.63) is 0 Å². The molecule has 0 radical (unpaired) electrons. The van der Waals surface area contributed by atoms with Gasteiger partial charge in [-0.3, -0.25) is 14.5 Å². The van der Waals surface area contributed by atoms with Crippen LogP contribution in [-0.4, -0.2) is 76.5 Å². The lowest BCUT2D eigenvalue weighted by Gasteiger charge is -2.19. The first-order chi connectivity index (χ1) is 9.30. The van der Waals surface area contributed by atoms with E-state index in [0.717, 1.165) is 0 Å². The first kappa shape index (κ1) is 14.8. The molecule has 20 heavy (non-hydrogen) atoms. The zero-order valence-corrected chi connectivity index (χ0v) is 12.0. The minimum Gasteiger partial charge on any atom is -0.388 e. The molecule has 2 fully saturated rings. The summed E-state index contributed by atoms with van der Waals surface area (Å²) in [6, 6.07) is -0.299. The second-order valence-electron chi connectivity index (χ2n) is 5.85. The standard InChI is InChI=1S/C13H21N3O4/c1-13(20)5-7-15(9-13)10(17)4-3-6-16-11(18)8-14(2)12(16)19/h20H,3-9H2,1-2H3. The fourth-order valence-electron chi connectivity index (χ4n) is 2.59. The van der Waals surface area contributed by atoms with Gasteiger partial charge in [0.2, 0.25) is 11.8 Å². The van der Waals surface area contributed by atoms with Crippen LogP contribution in [-0.2, 0) is 9.59 Å². The Morgan fingerprint density at radius 2 is 2.10 bits per heavy atom. The number of aliphatic hydroxyl groups is 1. The van der Waals surface area contributed by atoms with E-state index in [-0.39, 0.29) is 37.4 Å². The molecule has 1 unspecified atom stereocenters. The SMILES string of the molecule is CN1CC(=O)N(CCCC(=O)N2CCC(C)(O)C2)C1=O. The van der Waals surface area contributed by atoms with Crippen LogP contribution in [0.3, 0.4) is 0 Å². The molecule has 0 aromatic rings. The highest BCUT2D eigenvalue weighted by Gasteiger charge is 2.35. The normalized spacial score (nSPS) is 26.9. The Morgan fingerprint density at radius 3 is 2.60 bits per heavy atom. The van der Waals surface area contributed by atoms with E-state index in [1.54, 1.807) is 18.9 Å². The summed E-state index contributed by atoms with van der Waals surface area (Å²) in [5.41, 5.74) is -0.792. The molecule has 1 atom stereocenters. The molecule has 2 saturated heterocycles. The number of amides is 4. The largest absolute Gasteiger partial charge is 0.388 e. The van der Waals surface area contributed by atoms with Crippen LogP contribution in [0, 0.1) is 0 Å². The maximum absolute atomic E-state index is 12.0. The first-order valence-corrected chi connectivity index (χ1v) is 6.86. The smallest absolute Gasteiger partial charge is 0.326 e. The van der Waals surface area contributed by atoms with E-state index >= 15 is 0 Å². The Hall–Kier alpha value is -1.63. The maximum Gasteiger partial charge on any atom is 0.326 e. The lowest BCUT2D eigenvalue weighted by atomic mass is 10.1. The summed E-state index contributed by atoms with van der Waals surface area (Å²) in [5.74, 6) is -0.246. The van der Waals surface area contributed by atoms with Gasteiger partial charge in [-0.05, 0) is 19.8 Å². The highest BCUT2D eigenvalue weighted by atomic mass is 16.3. The average Bonchev–Trinajstić information content (AvgIpc) is 2.83. The number of likely N-dealkylation sites (tertiary alicyclic amines) is 1. The topological polar surface area (TPSA) is 81.2 Å². The molecule has 2 rings (SSSR count). The molecule has 0 aromatic heterocycles. The molecule has 2 aliphatic rings. The van der Waals surface area contributed by atoms with Gasteiger partial charge in [-0.25, -0.2) is 4.79 Å². The number of imide groups is 1. The molecule has 7 nitrogen and oxygen atoms in total. The van der Waals surface area contributed by atoms with Gasteiger partial charge in [0.15, 0.2) is 0 Å². The Morgan fingerprint density at radius 1 is 1.40 bits per heavy atom. The lowest BCUT2D eigenvalue weighted by Crippen LogP contribution is -2.35. The molecule has 0 bridgehead atoms. The summed E-state index contributed by atoms with van der Waals surface area (Å²) in [6.45, 7) is 3.03. The fraction of sp³-hybridized carbons (Fsp3) is 0.769. The van der Waals surface area contributed by atoms with Gasteiger partial charge < -0.3 is 14.9 Å². The number of hydrogen-bond donors (Lipinski definition) is 1. The van der Waals surface area contributed by atoms with E-state index < -0.39 is 5.60 Å². The number of hydrogen-bond acceptors (Lipinski definition) is 4. The van der Waals surface area contributed by atoms with Crippen molar-refractivity contribution in [2.45, 2.75) is 31.8 Å². The number of carbonyl (C=O) groups excluding carboxylic acids is 3. The van der Waals surface area contributed by atoms with Crippen molar-refractivity contribution in [3.63, 3.8) is 0 Å². The summed E-state index contributed by atoms with van der Waals surface area (Å²) in [5, 5.41) is 9.81. The van der Waals surface area contributed by atoms with Crippen LogP contribution in [0.5, 0.6) is 0 Å². The Kier molecular flexibility index (Phi) is 3.99. The van der Waals surface area contributed by atoms with Gasteiger partial charge in [0, 0.05) is 33.1 Å². The van der Waals surface area contributed by atoms with E-state index in [9.17, 15) is 19.5 Å². The van der Waals surface area contributed by atoms with Gasteiger partial charge in [-0.2, -0.15) is 0 Å². The monoisotopic (exact) mass is 283 g/mol. The highest BCUT2D eigenvalue weighted by molar-refractivity contribution is 6.01. The highest BCUT2D eigenvalue weighted by Crippen LogP contribution is 2.21. The zero-order chi connectivity index (χ0) is 14.9. The third kappa shape index (κ3) is 3.09. The molecule has 0 aromatic carbocycles. The van der Waals surface area contributed by atoms with Crippen LogP contribution < -0.4 is 0 Å². The fourth-order valence-corrected chi connectivity index (χ4v) is 2.59. The van der Waals surface area contributed by atoms with Crippen LogP contribution in [0.15, 0.2) is 0 Å². The number of carbonyl (C=O) groups is 3. The van der Waals surface area contributed by atoms with E-state index in [0.29, 0.717) is 25.9 Å². The van der Waals surface area contributed by atoms with Crippen LogP contribution in [0.2, 0.25) is 0 Å². The van der Waals surface area contributed by atoms with Gasteiger partial charge in [0.25, 0.3) is 0 Å². The van der Waals surface area contributed by atoms with Gasteiger partial charge in [0.1, 0.15) is 6.54 Å². The molecule has 4 amide bonds. The molecule has 0 aliphatic carbocycles. The van der Waals surface area contributed by atoms with Gasteiger partial charge in [-0.15, -0.1) is 0 Å². The number of nitrogens with zero attached hydrogens (tertiary/aromatic N) is 3. The third-order valence-electron chi connectivity index (χ3n) is 3.81. The van der Waals surface area contributed by atoms with Crippen LogP contribution in [0.25, 0.3) is 0 Å². The number of urea groups is 1. The quantitative estimate of drug-likeness (QED) is 0.715. The molecule has 2 heterocycles. The second-order valence-corrected chi connectivity index (χ2v) is 5.85. The number of likely N-dealkylation sites (N-methyl/N-ethyl adjacent to an activating group) is 1. The Balaban J connectivity index is 1.75. The third-order valence-corrected chi connectivity index (χ3v) is 3.81. The predicted molar refractivity (Wildman–Crippen MR) is 70.8 cm³/mol. The summed E-state index contributed by atoms with van der Waals surface area (Å²) < 4.78 is 0. The van der Waals surface area contributed by atoms with Crippen molar-refractivity contribution >= 4 is 17.8 Å². The van der Waals surface area contributed by atoms with Crippen molar-refractivity contribution in [1.29, 1.82) is 0 Å². The van der Waals surface area contributed by atoms with Gasteiger partial charge in [0.05, 0.1) is 5.60 Å². The molecule has 0 saturated carbocycles. The Bertz CT molecular complexity index is 435. The molecular formula is C13H21N3O4. The molecular weight excluding hydrogens is 262 g/mol.